The molecule has 0 aliphatic heterocycles. The first-order valence-corrected chi connectivity index (χ1v) is 12.8. The summed E-state index contributed by atoms with van der Waals surface area (Å²) in [5.74, 6) is -2.38. The van der Waals surface area contributed by atoms with E-state index in [9.17, 15) is 23.2 Å². The molecule has 0 aliphatic carbocycles. The maximum atomic E-state index is 14.6. The number of esters is 1. The van der Waals surface area contributed by atoms with E-state index in [2.05, 4.69) is 15.6 Å². The van der Waals surface area contributed by atoms with Crippen LogP contribution in [0.5, 0.6) is 0 Å². The molecule has 0 spiro atoms. The van der Waals surface area contributed by atoms with E-state index in [1.807, 2.05) is 0 Å². The predicted molar refractivity (Wildman–Crippen MR) is 144 cm³/mol. The van der Waals surface area contributed by atoms with Crippen LogP contribution in [0.3, 0.4) is 0 Å². The van der Waals surface area contributed by atoms with Crippen molar-refractivity contribution in [3.63, 3.8) is 0 Å². The molecule has 208 valence electrons. The Morgan fingerprint density at radius 1 is 1.05 bits per heavy atom. The van der Waals surface area contributed by atoms with Crippen molar-refractivity contribution in [2.24, 2.45) is 0 Å². The van der Waals surface area contributed by atoms with Crippen molar-refractivity contribution in [2.75, 3.05) is 23.9 Å². The number of amides is 3. The Kier molecular flexibility index (Phi) is 9.96. The van der Waals surface area contributed by atoms with Crippen molar-refractivity contribution in [1.82, 2.24) is 5.48 Å². The highest BCUT2D eigenvalue weighted by Gasteiger charge is 2.32. The number of ether oxygens (including phenoxy) is 2. The highest BCUT2D eigenvalue weighted by Crippen LogP contribution is 2.43. The van der Waals surface area contributed by atoms with Crippen molar-refractivity contribution < 1.29 is 37.5 Å². The summed E-state index contributed by atoms with van der Waals surface area (Å²) in [5.41, 5.74) is 3.52. The molecule has 0 saturated carbocycles. The zero-order valence-electron chi connectivity index (χ0n) is 22.1. The van der Waals surface area contributed by atoms with Crippen LogP contribution in [-0.2, 0) is 20.9 Å². The van der Waals surface area contributed by atoms with Gasteiger partial charge in [0, 0.05) is 16.1 Å². The van der Waals surface area contributed by atoms with Gasteiger partial charge in [0.25, 0.3) is 0 Å². The van der Waals surface area contributed by atoms with Crippen LogP contribution in [0.2, 0.25) is 0 Å². The SMILES string of the molecule is CCOC(=O)c1c(N(Cc2c(F)cccc2F)C(=O)OC(C)C)sc(-c2ccc(NC(=O)NOC)cc2)c1C. The van der Waals surface area contributed by atoms with E-state index >= 15 is 0 Å². The number of hydrogen-bond donors (Lipinski definition) is 2. The minimum absolute atomic E-state index is 0.0746. The summed E-state index contributed by atoms with van der Waals surface area (Å²) in [6, 6.07) is 9.55. The number of halogens is 2. The molecule has 0 radical (unpaired) electrons. The molecule has 3 amide bonds. The van der Waals surface area contributed by atoms with Crippen LogP contribution in [0.1, 0.15) is 42.3 Å². The summed E-state index contributed by atoms with van der Waals surface area (Å²) in [6.45, 7) is 6.16. The van der Waals surface area contributed by atoms with E-state index in [-0.39, 0.29) is 22.7 Å². The Morgan fingerprint density at radius 2 is 1.69 bits per heavy atom. The number of thiophene rings is 1. The fraction of sp³-hybridized carbons (Fsp3) is 0.296. The van der Waals surface area contributed by atoms with Gasteiger partial charge < -0.3 is 14.8 Å². The maximum absolute atomic E-state index is 14.6. The smallest absolute Gasteiger partial charge is 0.415 e. The molecule has 0 aliphatic rings. The van der Waals surface area contributed by atoms with Crippen molar-refractivity contribution in [1.29, 1.82) is 0 Å². The second-order valence-corrected chi connectivity index (χ2v) is 9.51. The molecule has 0 bridgehead atoms. The number of carbonyl (C=O) groups excluding carboxylic acids is 3. The molecule has 3 aromatic rings. The van der Waals surface area contributed by atoms with Gasteiger partial charge in [-0.15, -0.1) is 11.3 Å². The van der Waals surface area contributed by atoms with Gasteiger partial charge in [0.1, 0.15) is 16.6 Å². The number of anilines is 2. The average Bonchev–Trinajstić information content (AvgIpc) is 3.20. The van der Waals surface area contributed by atoms with Crippen LogP contribution in [0.15, 0.2) is 42.5 Å². The quantitative estimate of drug-likeness (QED) is 0.231. The van der Waals surface area contributed by atoms with E-state index in [0.29, 0.717) is 21.7 Å². The van der Waals surface area contributed by atoms with Crippen LogP contribution in [0.4, 0.5) is 29.1 Å². The lowest BCUT2D eigenvalue weighted by molar-refractivity contribution is 0.0527. The monoisotopic (exact) mass is 561 g/mol. The fourth-order valence-electron chi connectivity index (χ4n) is 3.69. The van der Waals surface area contributed by atoms with Crippen LogP contribution < -0.4 is 15.7 Å². The van der Waals surface area contributed by atoms with Gasteiger partial charge in [-0.3, -0.25) is 9.74 Å². The maximum Gasteiger partial charge on any atom is 0.415 e. The molecule has 0 atom stereocenters. The summed E-state index contributed by atoms with van der Waals surface area (Å²) >= 11 is 1.08. The fourth-order valence-corrected chi connectivity index (χ4v) is 4.98. The molecular formula is C27H29F2N3O6S. The second-order valence-electron chi connectivity index (χ2n) is 8.51. The van der Waals surface area contributed by atoms with E-state index in [1.165, 1.54) is 13.2 Å². The molecule has 39 heavy (non-hydrogen) atoms. The normalized spacial score (nSPS) is 10.8. The summed E-state index contributed by atoms with van der Waals surface area (Å²) in [7, 11) is 1.31. The first-order valence-electron chi connectivity index (χ1n) is 12.0. The van der Waals surface area contributed by atoms with Crippen molar-refractivity contribution >= 4 is 40.1 Å². The molecule has 2 N–H and O–H groups in total. The Bertz CT molecular complexity index is 1320. The van der Waals surface area contributed by atoms with Crippen LogP contribution in [0.25, 0.3) is 10.4 Å². The molecule has 9 nitrogen and oxygen atoms in total. The Hall–Kier alpha value is -4.03. The van der Waals surface area contributed by atoms with E-state index in [0.717, 1.165) is 28.4 Å². The van der Waals surface area contributed by atoms with Crippen LogP contribution in [-0.4, -0.2) is 37.9 Å². The average molecular weight is 562 g/mol. The third-order valence-corrected chi connectivity index (χ3v) is 6.75. The van der Waals surface area contributed by atoms with Gasteiger partial charge in [-0.1, -0.05) is 18.2 Å². The van der Waals surface area contributed by atoms with Gasteiger partial charge in [0.05, 0.1) is 31.9 Å². The highest BCUT2D eigenvalue weighted by atomic mass is 32.1. The van der Waals surface area contributed by atoms with Gasteiger partial charge >= 0.3 is 18.1 Å². The summed E-state index contributed by atoms with van der Waals surface area (Å²) in [4.78, 5) is 44.3. The predicted octanol–water partition coefficient (Wildman–Crippen LogP) is 6.41. The van der Waals surface area contributed by atoms with Gasteiger partial charge in [-0.05, 0) is 63.1 Å². The number of hydroxylamine groups is 1. The van der Waals surface area contributed by atoms with Crippen molar-refractivity contribution in [2.45, 2.75) is 40.3 Å². The zero-order valence-corrected chi connectivity index (χ0v) is 22.9. The zero-order chi connectivity index (χ0) is 28.7. The molecular weight excluding hydrogens is 532 g/mol. The molecule has 0 fully saturated rings. The summed E-state index contributed by atoms with van der Waals surface area (Å²) < 4.78 is 39.9. The summed E-state index contributed by atoms with van der Waals surface area (Å²) in [5, 5.41) is 2.71. The molecule has 2 aromatic carbocycles. The van der Waals surface area contributed by atoms with Gasteiger partial charge in [0.15, 0.2) is 0 Å². The largest absolute Gasteiger partial charge is 0.462 e. The Labute approximate surface area is 228 Å². The topological polar surface area (TPSA) is 106 Å². The van der Waals surface area contributed by atoms with Crippen molar-refractivity contribution in [3.05, 3.63) is 70.8 Å². The lowest BCUT2D eigenvalue weighted by Gasteiger charge is -2.23. The number of hydrogen-bond acceptors (Lipinski definition) is 7. The molecule has 0 saturated heterocycles. The van der Waals surface area contributed by atoms with E-state index < -0.39 is 42.4 Å². The Morgan fingerprint density at radius 3 is 2.26 bits per heavy atom. The first-order chi connectivity index (χ1) is 18.6. The van der Waals surface area contributed by atoms with Gasteiger partial charge in [-0.25, -0.2) is 28.6 Å². The standard InChI is InChI=1S/C27H29F2N3O6S/c1-6-37-25(33)22-16(4)23(17-10-12-18(13-11-17)30-26(34)31-36-5)39-24(22)32(27(35)38-15(2)3)14-19-20(28)8-7-9-21(19)29/h7-13,15H,6,14H2,1-5H3,(H2,30,31,34). The van der Waals surface area contributed by atoms with Gasteiger partial charge in [-0.2, -0.15) is 0 Å². The van der Waals surface area contributed by atoms with Crippen molar-refractivity contribution in [3.8, 4) is 10.4 Å². The number of urea groups is 1. The third kappa shape index (κ3) is 7.09. The second kappa shape index (κ2) is 13.2. The molecule has 1 heterocycles. The Balaban J connectivity index is 2.13. The molecule has 0 unspecified atom stereocenters. The highest BCUT2D eigenvalue weighted by molar-refractivity contribution is 7.20. The molecule has 1 aromatic heterocycles. The number of benzene rings is 2. The molecule has 3 rings (SSSR count). The number of carbonyl (C=O) groups is 3. The number of nitrogens with zero attached hydrogens (tertiary/aromatic N) is 1. The first kappa shape index (κ1) is 29.5. The van der Waals surface area contributed by atoms with Crippen LogP contribution >= 0.6 is 11.3 Å². The number of nitrogens with one attached hydrogen (secondary N) is 2. The summed E-state index contributed by atoms with van der Waals surface area (Å²) in [6.07, 6.45) is -1.41. The van der Waals surface area contributed by atoms with E-state index in [1.54, 1.807) is 52.0 Å². The lowest BCUT2D eigenvalue weighted by Crippen LogP contribution is -2.34. The number of rotatable bonds is 9. The molecule has 12 heteroatoms. The minimum atomic E-state index is -0.880. The van der Waals surface area contributed by atoms with Crippen LogP contribution in [0, 0.1) is 18.6 Å². The van der Waals surface area contributed by atoms with Gasteiger partial charge in [0.2, 0.25) is 0 Å². The lowest BCUT2D eigenvalue weighted by atomic mass is 10.1. The van der Waals surface area contributed by atoms with E-state index in [4.69, 9.17) is 9.47 Å². The third-order valence-electron chi connectivity index (χ3n) is 5.39. The minimum Gasteiger partial charge on any atom is -0.462 e.